The maximum absolute atomic E-state index is 4.39. The first kappa shape index (κ1) is 10.4. The van der Waals surface area contributed by atoms with Crippen molar-refractivity contribution < 1.29 is 0 Å². The minimum Gasteiger partial charge on any atom is -0.342 e. The van der Waals surface area contributed by atoms with E-state index in [1.54, 1.807) is 0 Å². The molecule has 1 aromatic rings. The van der Waals surface area contributed by atoms with Crippen molar-refractivity contribution in [1.29, 1.82) is 0 Å². The molecule has 0 aliphatic heterocycles. The molecule has 1 heterocycles. The number of rotatable bonds is 3. The van der Waals surface area contributed by atoms with Gasteiger partial charge in [0.1, 0.15) is 5.82 Å². The number of hydrogen-bond acceptors (Lipinski definition) is 4. The predicted molar refractivity (Wildman–Crippen MR) is 57.4 cm³/mol. The van der Waals surface area contributed by atoms with Gasteiger partial charge >= 0.3 is 0 Å². The second-order valence-electron chi connectivity index (χ2n) is 3.72. The van der Waals surface area contributed by atoms with E-state index in [4.69, 9.17) is 0 Å². The van der Waals surface area contributed by atoms with Gasteiger partial charge in [0, 0.05) is 23.6 Å². The third-order valence-electron chi connectivity index (χ3n) is 1.85. The highest BCUT2D eigenvalue weighted by atomic mass is 32.1. The quantitative estimate of drug-likeness (QED) is 0.749. The van der Waals surface area contributed by atoms with E-state index in [1.165, 1.54) is 11.5 Å². The van der Waals surface area contributed by atoms with Gasteiger partial charge in [0.25, 0.3) is 0 Å². The summed E-state index contributed by atoms with van der Waals surface area (Å²) in [6.45, 7) is 10.6. The van der Waals surface area contributed by atoms with Gasteiger partial charge in [0.2, 0.25) is 5.13 Å². The molecule has 0 N–H and O–H groups in total. The summed E-state index contributed by atoms with van der Waals surface area (Å²) in [5.74, 6) is 0.867. The Morgan fingerprint density at radius 1 is 1.15 bits per heavy atom. The fraction of sp³-hybridized carbons (Fsp3) is 0.778. The Balaban J connectivity index is 2.88. The molecule has 0 saturated carbocycles. The maximum Gasteiger partial charge on any atom is 0.205 e. The number of hydrogen-bond donors (Lipinski definition) is 0. The first-order chi connectivity index (χ1) is 6.02. The van der Waals surface area contributed by atoms with E-state index in [2.05, 4.69) is 42.0 Å². The van der Waals surface area contributed by atoms with Gasteiger partial charge in [-0.05, 0) is 34.6 Å². The van der Waals surface area contributed by atoms with Crippen LogP contribution in [0.1, 0.15) is 33.5 Å². The van der Waals surface area contributed by atoms with Gasteiger partial charge in [-0.25, -0.2) is 4.98 Å². The molecular weight excluding hydrogens is 182 g/mol. The van der Waals surface area contributed by atoms with Crippen molar-refractivity contribution >= 4 is 16.7 Å². The second kappa shape index (κ2) is 4.05. The van der Waals surface area contributed by atoms with Crippen LogP contribution < -0.4 is 4.90 Å². The number of aryl methyl sites for hydroxylation is 1. The van der Waals surface area contributed by atoms with Crippen molar-refractivity contribution in [1.82, 2.24) is 9.36 Å². The van der Waals surface area contributed by atoms with Crippen molar-refractivity contribution in [3.63, 3.8) is 0 Å². The predicted octanol–water partition coefficient (Wildman–Crippen LogP) is 2.47. The van der Waals surface area contributed by atoms with Gasteiger partial charge in [-0.15, -0.1) is 0 Å². The summed E-state index contributed by atoms with van der Waals surface area (Å²) in [6.07, 6.45) is 0. The highest BCUT2D eigenvalue weighted by Crippen LogP contribution is 2.21. The summed E-state index contributed by atoms with van der Waals surface area (Å²) in [5, 5.41) is 1.03. The van der Waals surface area contributed by atoms with Crippen LogP contribution in [0.4, 0.5) is 5.13 Å². The van der Waals surface area contributed by atoms with Gasteiger partial charge in [0.15, 0.2) is 0 Å². The van der Waals surface area contributed by atoms with Crippen molar-refractivity contribution in [2.45, 2.75) is 46.7 Å². The lowest BCUT2D eigenvalue weighted by molar-refractivity contribution is 0.606. The highest BCUT2D eigenvalue weighted by molar-refractivity contribution is 7.09. The van der Waals surface area contributed by atoms with E-state index in [1.807, 2.05) is 6.92 Å². The van der Waals surface area contributed by atoms with E-state index in [0.29, 0.717) is 12.1 Å². The molecule has 0 unspecified atom stereocenters. The largest absolute Gasteiger partial charge is 0.342 e. The normalized spacial score (nSPS) is 11.3. The zero-order valence-electron chi connectivity index (χ0n) is 8.90. The van der Waals surface area contributed by atoms with E-state index in [0.717, 1.165) is 11.0 Å². The minimum absolute atomic E-state index is 0.479. The molecule has 74 valence electrons. The lowest BCUT2D eigenvalue weighted by atomic mass is 10.2. The average molecular weight is 199 g/mol. The molecule has 0 fully saturated rings. The summed E-state index contributed by atoms with van der Waals surface area (Å²) in [5.41, 5.74) is 0. The number of anilines is 1. The van der Waals surface area contributed by atoms with E-state index in [-0.39, 0.29) is 0 Å². The Hall–Kier alpha value is -0.640. The van der Waals surface area contributed by atoms with Crippen LogP contribution in [0, 0.1) is 6.92 Å². The third-order valence-corrected chi connectivity index (χ3v) is 2.67. The van der Waals surface area contributed by atoms with Crippen LogP contribution in [0.15, 0.2) is 0 Å². The summed E-state index contributed by atoms with van der Waals surface area (Å²) in [7, 11) is 0. The lowest BCUT2D eigenvalue weighted by Crippen LogP contribution is -2.36. The summed E-state index contributed by atoms with van der Waals surface area (Å²) < 4.78 is 4.19. The SMILES string of the molecule is Cc1nsc(N(C(C)C)C(C)C)n1. The van der Waals surface area contributed by atoms with Gasteiger partial charge in [0.05, 0.1) is 0 Å². The number of aromatic nitrogens is 2. The minimum atomic E-state index is 0.479. The topological polar surface area (TPSA) is 29.0 Å². The van der Waals surface area contributed by atoms with Crippen LogP contribution in [-0.4, -0.2) is 21.4 Å². The first-order valence-corrected chi connectivity index (χ1v) is 5.38. The van der Waals surface area contributed by atoms with E-state index >= 15 is 0 Å². The summed E-state index contributed by atoms with van der Waals surface area (Å²) in [4.78, 5) is 6.67. The van der Waals surface area contributed by atoms with Gasteiger partial charge in [-0.3, -0.25) is 0 Å². The van der Waals surface area contributed by atoms with Crippen molar-refractivity contribution in [3.8, 4) is 0 Å². The van der Waals surface area contributed by atoms with Gasteiger partial charge in [-0.2, -0.15) is 4.37 Å². The molecular formula is C9H17N3S. The van der Waals surface area contributed by atoms with Crippen LogP contribution in [0.3, 0.4) is 0 Å². The highest BCUT2D eigenvalue weighted by Gasteiger charge is 2.17. The molecule has 0 spiro atoms. The molecule has 1 rings (SSSR count). The Morgan fingerprint density at radius 2 is 1.69 bits per heavy atom. The zero-order valence-corrected chi connectivity index (χ0v) is 9.72. The Labute approximate surface area is 84.0 Å². The molecule has 0 aromatic carbocycles. The molecule has 0 aliphatic carbocycles. The van der Waals surface area contributed by atoms with Crippen LogP contribution in [0.25, 0.3) is 0 Å². The first-order valence-electron chi connectivity index (χ1n) is 4.61. The van der Waals surface area contributed by atoms with E-state index < -0.39 is 0 Å². The molecule has 0 amide bonds. The molecule has 0 aliphatic rings. The van der Waals surface area contributed by atoms with E-state index in [9.17, 15) is 0 Å². The van der Waals surface area contributed by atoms with Crippen LogP contribution in [-0.2, 0) is 0 Å². The van der Waals surface area contributed by atoms with Crippen molar-refractivity contribution in [2.24, 2.45) is 0 Å². The monoisotopic (exact) mass is 199 g/mol. The van der Waals surface area contributed by atoms with Crippen LogP contribution in [0.5, 0.6) is 0 Å². The fourth-order valence-electron chi connectivity index (χ4n) is 1.43. The van der Waals surface area contributed by atoms with Crippen molar-refractivity contribution in [2.75, 3.05) is 4.90 Å². The molecule has 0 bridgehead atoms. The smallest absolute Gasteiger partial charge is 0.205 e. The Bertz CT molecular complexity index is 260. The lowest BCUT2D eigenvalue weighted by Gasteiger charge is -2.29. The second-order valence-corrected chi connectivity index (χ2v) is 4.45. The summed E-state index contributed by atoms with van der Waals surface area (Å²) >= 11 is 1.48. The molecule has 0 atom stereocenters. The molecule has 4 heteroatoms. The average Bonchev–Trinajstić information content (AvgIpc) is 2.34. The van der Waals surface area contributed by atoms with Gasteiger partial charge in [-0.1, -0.05) is 0 Å². The molecule has 0 saturated heterocycles. The molecule has 13 heavy (non-hydrogen) atoms. The third kappa shape index (κ3) is 2.40. The van der Waals surface area contributed by atoms with Gasteiger partial charge < -0.3 is 4.90 Å². The fourth-order valence-corrected chi connectivity index (χ4v) is 2.37. The standard InChI is InChI=1S/C9H17N3S/c1-6(2)12(7(3)4)9-10-8(5)11-13-9/h6-7H,1-5H3. The zero-order chi connectivity index (χ0) is 10.0. The van der Waals surface area contributed by atoms with Crippen LogP contribution >= 0.6 is 11.5 Å². The summed E-state index contributed by atoms with van der Waals surface area (Å²) in [6, 6.07) is 0.958. The Morgan fingerprint density at radius 3 is 2.00 bits per heavy atom. The molecule has 3 nitrogen and oxygen atoms in total. The molecule has 1 aromatic heterocycles. The molecule has 0 radical (unpaired) electrons. The van der Waals surface area contributed by atoms with Crippen LogP contribution in [0.2, 0.25) is 0 Å². The Kier molecular flexibility index (Phi) is 3.25. The van der Waals surface area contributed by atoms with Crippen molar-refractivity contribution in [3.05, 3.63) is 5.82 Å². The number of nitrogens with zero attached hydrogens (tertiary/aromatic N) is 3. The maximum atomic E-state index is 4.39.